The van der Waals surface area contributed by atoms with Crippen molar-refractivity contribution in [1.82, 2.24) is 0 Å². The van der Waals surface area contributed by atoms with E-state index in [2.05, 4.69) is 13.5 Å². The Balaban J connectivity index is 2.60. The van der Waals surface area contributed by atoms with E-state index in [1.807, 2.05) is 6.92 Å². The predicted molar refractivity (Wildman–Crippen MR) is 63.5 cm³/mol. The average molecular weight is 212 g/mol. The molecular weight excluding hydrogens is 192 g/mol. The molecular formula is C12H20OS. The fourth-order valence-corrected chi connectivity index (χ4v) is 3.21. The molecule has 0 spiro atoms. The van der Waals surface area contributed by atoms with Gasteiger partial charge in [0.05, 0.1) is 0 Å². The molecule has 1 rings (SSSR count). The van der Waals surface area contributed by atoms with Crippen molar-refractivity contribution in [2.45, 2.75) is 57.1 Å². The first-order valence-electron chi connectivity index (χ1n) is 5.48. The quantitative estimate of drug-likeness (QED) is 0.659. The van der Waals surface area contributed by atoms with E-state index in [4.69, 9.17) is 0 Å². The molecule has 0 aromatic rings. The van der Waals surface area contributed by atoms with E-state index in [0.717, 1.165) is 6.42 Å². The first-order valence-corrected chi connectivity index (χ1v) is 6.30. The molecule has 0 aromatic heterocycles. The second-order valence-corrected chi connectivity index (χ2v) is 5.71. The Kier molecular flexibility index (Phi) is 4.24. The molecule has 0 radical (unpaired) electrons. The van der Waals surface area contributed by atoms with Crippen LogP contribution in [0.25, 0.3) is 0 Å². The molecule has 0 atom stereocenters. The first-order chi connectivity index (χ1) is 6.59. The van der Waals surface area contributed by atoms with E-state index >= 15 is 0 Å². The minimum absolute atomic E-state index is 0.189. The zero-order chi connectivity index (χ0) is 10.6. The topological polar surface area (TPSA) is 17.1 Å². The summed E-state index contributed by atoms with van der Waals surface area (Å²) in [5.41, 5.74) is 0.688. The van der Waals surface area contributed by atoms with Crippen LogP contribution in [0.1, 0.15) is 52.4 Å². The van der Waals surface area contributed by atoms with Crippen molar-refractivity contribution in [3.63, 3.8) is 0 Å². The first kappa shape index (κ1) is 11.8. The van der Waals surface area contributed by atoms with Crippen LogP contribution in [-0.2, 0) is 4.79 Å². The predicted octanol–water partition coefficient (Wildman–Crippen LogP) is 3.94. The van der Waals surface area contributed by atoms with Crippen LogP contribution in [0.2, 0.25) is 0 Å². The second-order valence-electron chi connectivity index (χ2n) is 4.27. The zero-order valence-corrected chi connectivity index (χ0v) is 10.1. The maximum Gasteiger partial charge on any atom is 0.214 e. The van der Waals surface area contributed by atoms with Crippen LogP contribution < -0.4 is 0 Å². The van der Waals surface area contributed by atoms with Gasteiger partial charge < -0.3 is 0 Å². The van der Waals surface area contributed by atoms with E-state index in [0.29, 0.717) is 5.57 Å². The van der Waals surface area contributed by atoms with Gasteiger partial charge in [-0.3, -0.25) is 4.79 Å². The summed E-state index contributed by atoms with van der Waals surface area (Å²) in [6.07, 6.45) is 7.41. The van der Waals surface area contributed by atoms with Crippen LogP contribution in [0.15, 0.2) is 12.2 Å². The lowest BCUT2D eigenvalue weighted by Crippen LogP contribution is -2.28. The lowest BCUT2D eigenvalue weighted by atomic mass is 9.86. The number of thioether (sulfide) groups is 1. The Morgan fingerprint density at radius 3 is 2.36 bits per heavy atom. The highest BCUT2D eigenvalue weighted by Crippen LogP contribution is 2.43. The SMILES string of the molecule is C=C(C)C(=O)SC1(CC)CCCCC1. The number of rotatable bonds is 3. The summed E-state index contributed by atoms with van der Waals surface area (Å²) in [5, 5.41) is 0.189. The molecule has 1 saturated carbocycles. The average Bonchev–Trinajstić information content (AvgIpc) is 2.19. The van der Waals surface area contributed by atoms with Crippen molar-refractivity contribution in [1.29, 1.82) is 0 Å². The summed E-state index contributed by atoms with van der Waals surface area (Å²) < 4.78 is 0.230. The van der Waals surface area contributed by atoms with E-state index < -0.39 is 0 Å². The Morgan fingerprint density at radius 1 is 1.36 bits per heavy atom. The third-order valence-corrected chi connectivity index (χ3v) is 4.73. The van der Waals surface area contributed by atoms with Gasteiger partial charge in [0.15, 0.2) is 0 Å². The number of carbonyl (C=O) groups is 1. The Morgan fingerprint density at radius 2 is 1.93 bits per heavy atom. The molecule has 2 heteroatoms. The molecule has 1 fully saturated rings. The van der Waals surface area contributed by atoms with Crippen molar-refractivity contribution in [2.24, 2.45) is 0 Å². The van der Waals surface area contributed by atoms with Gasteiger partial charge in [-0.25, -0.2) is 0 Å². The fourth-order valence-electron chi connectivity index (χ4n) is 2.01. The standard InChI is InChI=1S/C12H20OS/c1-4-12(8-6-5-7-9-12)14-11(13)10(2)3/h2,4-9H2,1,3H3. The Hall–Kier alpha value is -0.240. The smallest absolute Gasteiger partial charge is 0.214 e. The maximum atomic E-state index is 11.6. The van der Waals surface area contributed by atoms with Crippen molar-refractivity contribution in [3.05, 3.63) is 12.2 Å². The second kappa shape index (κ2) is 5.01. The van der Waals surface area contributed by atoms with Crippen LogP contribution in [0.4, 0.5) is 0 Å². The van der Waals surface area contributed by atoms with Crippen molar-refractivity contribution < 1.29 is 4.79 Å². The molecule has 0 bridgehead atoms. The molecule has 1 aliphatic rings. The zero-order valence-electron chi connectivity index (χ0n) is 9.27. The summed E-state index contributed by atoms with van der Waals surface area (Å²) >= 11 is 1.54. The van der Waals surface area contributed by atoms with E-state index in [1.165, 1.54) is 43.9 Å². The summed E-state index contributed by atoms with van der Waals surface area (Å²) in [5.74, 6) is 0. The fraction of sp³-hybridized carbons (Fsp3) is 0.750. The molecule has 0 saturated heterocycles. The van der Waals surface area contributed by atoms with Crippen molar-refractivity contribution in [3.8, 4) is 0 Å². The van der Waals surface area contributed by atoms with Gasteiger partial charge in [-0.2, -0.15) is 0 Å². The largest absolute Gasteiger partial charge is 0.282 e. The molecule has 80 valence electrons. The minimum Gasteiger partial charge on any atom is -0.282 e. The summed E-state index contributed by atoms with van der Waals surface area (Å²) in [6.45, 7) is 7.72. The summed E-state index contributed by atoms with van der Waals surface area (Å²) in [6, 6.07) is 0. The molecule has 1 nitrogen and oxygen atoms in total. The Labute approximate surface area is 91.3 Å². The maximum absolute atomic E-state index is 11.6. The van der Waals surface area contributed by atoms with Crippen LogP contribution in [-0.4, -0.2) is 9.86 Å². The van der Waals surface area contributed by atoms with E-state index in [1.54, 1.807) is 0 Å². The molecule has 14 heavy (non-hydrogen) atoms. The van der Waals surface area contributed by atoms with Crippen LogP contribution in [0.3, 0.4) is 0 Å². The monoisotopic (exact) mass is 212 g/mol. The lowest BCUT2D eigenvalue weighted by Gasteiger charge is -2.35. The number of hydrogen-bond acceptors (Lipinski definition) is 2. The third kappa shape index (κ3) is 2.88. The molecule has 0 amide bonds. The molecule has 0 heterocycles. The summed E-state index contributed by atoms with van der Waals surface area (Å²) in [7, 11) is 0. The highest BCUT2D eigenvalue weighted by atomic mass is 32.2. The van der Waals surface area contributed by atoms with Gasteiger partial charge in [-0.15, -0.1) is 0 Å². The molecule has 0 aromatic carbocycles. The molecule has 0 aliphatic heterocycles. The van der Waals surface area contributed by atoms with Crippen LogP contribution in [0, 0.1) is 0 Å². The van der Waals surface area contributed by atoms with Gasteiger partial charge >= 0.3 is 0 Å². The minimum atomic E-state index is 0.189. The highest BCUT2D eigenvalue weighted by molar-refractivity contribution is 8.15. The molecule has 0 unspecified atom stereocenters. The van der Waals surface area contributed by atoms with Crippen LogP contribution >= 0.6 is 11.8 Å². The normalized spacial score (nSPS) is 20.4. The lowest BCUT2D eigenvalue weighted by molar-refractivity contribution is -0.107. The Bertz CT molecular complexity index is 226. The van der Waals surface area contributed by atoms with Crippen molar-refractivity contribution in [2.75, 3.05) is 0 Å². The van der Waals surface area contributed by atoms with Crippen LogP contribution in [0.5, 0.6) is 0 Å². The van der Waals surface area contributed by atoms with Gasteiger partial charge in [0.2, 0.25) is 5.12 Å². The molecule has 1 aliphatic carbocycles. The van der Waals surface area contributed by atoms with Gasteiger partial charge in [0.25, 0.3) is 0 Å². The summed E-state index contributed by atoms with van der Waals surface area (Å²) in [4.78, 5) is 11.6. The van der Waals surface area contributed by atoms with Gasteiger partial charge in [0, 0.05) is 4.75 Å². The third-order valence-electron chi connectivity index (χ3n) is 3.07. The van der Waals surface area contributed by atoms with Gasteiger partial charge in [0.1, 0.15) is 0 Å². The molecule has 0 N–H and O–H groups in total. The van der Waals surface area contributed by atoms with Crippen molar-refractivity contribution >= 4 is 16.9 Å². The number of hydrogen-bond donors (Lipinski definition) is 0. The van der Waals surface area contributed by atoms with Gasteiger partial charge in [-0.05, 0) is 31.8 Å². The highest BCUT2D eigenvalue weighted by Gasteiger charge is 2.33. The van der Waals surface area contributed by atoms with E-state index in [9.17, 15) is 4.79 Å². The van der Waals surface area contributed by atoms with Gasteiger partial charge in [-0.1, -0.05) is 44.5 Å². The van der Waals surface area contributed by atoms with E-state index in [-0.39, 0.29) is 9.86 Å². The number of carbonyl (C=O) groups excluding carboxylic acids is 1.